The molecule has 0 radical (unpaired) electrons. The van der Waals surface area contributed by atoms with Crippen LogP contribution in [0.5, 0.6) is 0 Å². The Balaban J connectivity index is 2.08. The molecule has 76 valence electrons. The number of allylic oxidation sites excluding steroid dienone is 1. The maximum atomic E-state index is 11.2. The van der Waals surface area contributed by atoms with E-state index in [4.69, 9.17) is 0 Å². The average molecular weight is 201 g/mol. The molecule has 1 fully saturated rings. The maximum absolute atomic E-state index is 11.2. The SMILES string of the molecule is CC1=CC(=O)N=C2N=NC(C3CCC3)=C12. The van der Waals surface area contributed by atoms with Crippen molar-refractivity contribution in [3.63, 3.8) is 0 Å². The Kier molecular flexibility index (Phi) is 1.71. The summed E-state index contributed by atoms with van der Waals surface area (Å²) in [5.74, 6) is 0.829. The Bertz CT molecular complexity index is 464. The Labute approximate surface area is 87.5 Å². The minimum absolute atomic E-state index is 0.222. The molecule has 15 heavy (non-hydrogen) atoms. The summed E-state index contributed by atoms with van der Waals surface area (Å²) in [6.45, 7) is 1.93. The van der Waals surface area contributed by atoms with Gasteiger partial charge in [0.05, 0.1) is 5.70 Å². The van der Waals surface area contributed by atoms with Gasteiger partial charge in [-0.25, -0.2) is 0 Å². The number of dihydropyridines is 1. The van der Waals surface area contributed by atoms with E-state index in [-0.39, 0.29) is 5.91 Å². The fourth-order valence-electron chi connectivity index (χ4n) is 2.13. The molecule has 0 spiro atoms. The third-order valence-corrected chi connectivity index (χ3v) is 3.17. The van der Waals surface area contributed by atoms with Gasteiger partial charge in [0, 0.05) is 17.6 Å². The van der Waals surface area contributed by atoms with Crippen LogP contribution in [0.3, 0.4) is 0 Å². The number of nitrogens with zero attached hydrogens (tertiary/aromatic N) is 3. The van der Waals surface area contributed by atoms with Crippen LogP contribution in [0.1, 0.15) is 26.2 Å². The molecule has 0 bridgehead atoms. The van der Waals surface area contributed by atoms with E-state index in [1.54, 1.807) is 6.08 Å². The number of amides is 1. The fourth-order valence-corrected chi connectivity index (χ4v) is 2.13. The molecule has 2 aliphatic heterocycles. The molecular weight excluding hydrogens is 190 g/mol. The molecule has 1 aliphatic carbocycles. The summed E-state index contributed by atoms with van der Waals surface area (Å²) in [4.78, 5) is 15.1. The zero-order valence-corrected chi connectivity index (χ0v) is 8.53. The number of carbonyl (C=O) groups excluding carboxylic acids is 1. The molecule has 4 heteroatoms. The van der Waals surface area contributed by atoms with Crippen LogP contribution in [0, 0.1) is 5.92 Å². The van der Waals surface area contributed by atoms with Crippen molar-refractivity contribution >= 4 is 11.7 Å². The summed E-state index contributed by atoms with van der Waals surface area (Å²) < 4.78 is 0. The molecule has 4 nitrogen and oxygen atoms in total. The maximum Gasteiger partial charge on any atom is 0.272 e. The second kappa shape index (κ2) is 2.95. The lowest BCUT2D eigenvalue weighted by molar-refractivity contribution is -0.113. The molecule has 0 aromatic rings. The lowest BCUT2D eigenvalue weighted by Gasteiger charge is -2.25. The van der Waals surface area contributed by atoms with Crippen molar-refractivity contribution in [3.8, 4) is 0 Å². The van der Waals surface area contributed by atoms with Gasteiger partial charge >= 0.3 is 0 Å². The van der Waals surface area contributed by atoms with Crippen molar-refractivity contribution in [1.82, 2.24) is 0 Å². The molecular formula is C11H11N3O. The van der Waals surface area contributed by atoms with E-state index >= 15 is 0 Å². The van der Waals surface area contributed by atoms with Crippen LogP contribution in [-0.2, 0) is 4.79 Å². The van der Waals surface area contributed by atoms with E-state index in [1.165, 1.54) is 19.3 Å². The second-order valence-corrected chi connectivity index (χ2v) is 4.19. The number of carbonyl (C=O) groups is 1. The summed E-state index contributed by atoms with van der Waals surface area (Å²) >= 11 is 0. The van der Waals surface area contributed by atoms with Crippen molar-refractivity contribution in [1.29, 1.82) is 0 Å². The van der Waals surface area contributed by atoms with Crippen molar-refractivity contribution in [2.45, 2.75) is 26.2 Å². The van der Waals surface area contributed by atoms with Crippen LogP contribution in [0.2, 0.25) is 0 Å². The summed E-state index contributed by atoms with van der Waals surface area (Å²) in [5.41, 5.74) is 3.00. The van der Waals surface area contributed by atoms with Crippen LogP contribution >= 0.6 is 0 Å². The average Bonchev–Trinajstić information content (AvgIpc) is 2.45. The van der Waals surface area contributed by atoms with E-state index in [9.17, 15) is 4.79 Å². The second-order valence-electron chi connectivity index (χ2n) is 4.19. The first-order valence-electron chi connectivity index (χ1n) is 5.23. The summed E-state index contributed by atoms with van der Waals surface area (Å²) in [6.07, 6.45) is 5.21. The highest BCUT2D eigenvalue weighted by molar-refractivity contribution is 6.15. The van der Waals surface area contributed by atoms with E-state index in [0.717, 1.165) is 16.8 Å². The van der Waals surface area contributed by atoms with Crippen LogP contribution < -0.4 is 0 Å². The Morgan fingerprint density at radius 2 is 2.13 bits per heavy atom. The third kappa shape index (κ3) is 1.21. The van der Waals surface area contributed by atoms with Crippen LogP contribution in [0.15, 0.2) is 38.1 Å². The van der Waals surface area contributed by atoms with Gasteiger partial charge < -0.3 is 0 Å². The van der Waals surface area contributed by atoms with Crippen LogP contribution in [0.25, 0.3) is 0 Å². The van der Waals surface area contributed by atoms with Gasteiger partial charge in [-0.2, -0.15) is 10.1 Å². The minimum Gasteiger partial charge on any atom is -0.267 e. The summed E-state index contributed by atoms with van der Waals surface area (Å²) in [5, 5.41) is 8.15. The van der Waals surface area contributed by atoms with E-state index in [0.29, 0.717) is 11.8 Å². The van der Waals surface area contributed by atoms with Gasteiger partial charge in [-0.05, 0) is 25.3 Å². The standard InChI is InChI=1S/C11H11N3O/c1-6-5-8(15)12-11-9(6)10(13-14-11)7-3-2-4-7/h5,7H,2-4H2,1H3. The fraction of sp³-hybridized carbons (Fsp3) is 0.455. The number of aliphatic imine (C=N–C) groups is 1. The lowest BCUT2D eigenvalue weighted by Crippen LogP contribution is -2.16. The van der Waals surface area contributed by atoms with Gasteiger partial charge in [-0.3, -0.25) is 4.79 Å². The normalized spacial score (nSPS) is 25.0. The van der Waals surface area contributed by atoms with E-state index in [2.05, 4.69) is 15.2 Å². The molecule has 0 atom stereocenters. The molecule has 0 N–H and O–H groups in total. The van der Waals surface area contributed by atoms with Crippen molar-refractivity contribution in [2.75, 3.05) is 0 Å². The number of hydrogen-bond donors (Lipinski definition) is 0. The highest BCUT2D eigenvalue weighted by Crippen LogP contribution is 2.40. The number of fused-ring (bicyclic) bond motifs is 1. The van der Waals surface area contributed by atoms with Crippen LogP contribution in [-0.4, -0.2) is 11.7 Å². The number of hydrogen-bond acceptors (Lipinski definition) is 3. The van der Waals surface area contributed by atoms with E-state index < -0.39 is 0 Å². The summed E-state index contributed by atoms with van der Waals surface area (Å²) in [7, 11) is 0. The predicted molar refractivity (Wildman–Crippen MR) is 55.4 cm³/mol. The number of azo groups is 1. The molecule has 0 aromatic carbocycles. The molecule has 1 saturated carbocycles. The van der Waals surface area contributed by atoms with Gasteiger partial charge in [0.15, 0.2) is 5.84 Å². The topological polar surface area (TPSA) is 54.1 Å². The van der Waals surface area contributed by atoms with Gasteiger partial charge in [0.2, 0.25) is 0 Å². The quantitative estimate of drug-likeness (QED) is 0.642. The lowest BCUT2D eigenvalue weighted by atomic mass is 9.80. The molecule has 0 aromatic heterocycles. The zero-order valence-electron chi connectivity index (χ0n) is 8.53. The molecule has 0 saturated heterocycles. The predicted octanol–water partition coefficient (Wildman–Crippen LogP) is 2.39. The van der Waals surface area contributed by atoms with Gasteiger partial charge in [-0.15, -0.1) is 5.11 Å². The molecule has 2 heterocycles. The smallest absolute Gasteiger partial charge is 0.267 e. The third-order valence-electron chi connectivity index (χ3n) is 3.17. The number of amidine groups is 1. The Morgan fingerprint density at radius 3 is 2.80 bits per heavy atom. The molecule has 3 rings (SSSR count). The highest BCUT2D eigenvalue weighted by Gasteiger charge is 2.32. The van der Waals surface area contributed by atoms with Gasteiger partial charge in [-0.1, -0.05) is 6.42 Å². The van der Waals surface area contributed by atoms with Crippen LogP contribution in [0.4, 0.5) is 0 Å². The monoisotopic (exact) mass is 201 g/mol. The molecule has 3 aliphatic rings. The Morgan fingerprint density at radius 1 is 1.33 bits per heavy atom. The molecule has 1 amide bonds. The van der Waals surface area contributed by atoms with Gasteiger partial charge in [0.1, 0.15) is 0 Å². The van der Waals surface area contributed by atoms with Gasteiger partial charge in [0.25, 0.3) is 5.91 Å². The largest absolute Gasteiger partial charge is 0.272 e. The minimum atomic E-state index is -0.222. The van der Waals surface area contributed by atoms with Crippen molar-refractivity contribution in [2.24, 2.45) is 21.1 Å². The summed E-state index contributed by atoms with van der Waals surface area (Å²) in [6, 6.07) is 0. The van der Waals surface area contributed by atoms with E-state index in [1.807, 2.05) is 6.92 Å². The number of rotatable bonds is 1. The molecule has 0 unspecified atom stereocenters. The highest BCUT2D eigenvalue weighted by atomic mass is 16.1. The van der Waals surface area contributed by atoms with Crippen molar-refractivity contribution in [3.05, 3.63) is 22.9 Å². The first-order chi connectivity index (χ1) is 7.25. The Hall–Kier alpha value is -1.58. The van der Waals surface area contributed by atoms with Crippen molar-refractivity contribution < 1.29 is 4.79 Å². The first kappa shape index (κ1) is 8.71. The zero-order chi connectivity index (χ0) is 10.4. The first-order valence-corrected chi connectivity index (χ1v) is 5.23.